The molecule has 0 amide bonds. The summed E-state index contributed by atoms with van der Waals surface area (Å²) in [5.74, 6) is 0.744. The monoisotopic (exact) mass is 344 g/mol. The second-order valence-corrected chi connectivity index (χ2v) is 8.82. The molecule has 2 heterocycles. The maximum atomic E-state index is 3.73. The summed E-state index contributed by atoms with van der Waals surface area (Å²) in [6, 6.07) is 5.02. The normalized spacial score (nSPS) is 25.4. The average Bonchev–Trinajstić information content (AvgIpc) is 2.76. The van der Waals surface area contributed by atoms with Crippen LogP contribution in [0.15, 0.2) is 15.9 Å². The maximum Gasteiger partial charge on any atom is 0.0701 e. The zero-order chi connectivity index (χ0) is 14.0. The van der Waals surface area contributed by atoms with Gasteiger partial charge >= 0.3 is 0 Å². The zero-order valence-electron chi connectivity index (χ0n) is 12.4. The highest BCUT2D eigenvalue weighted by Gasteiger charge is 2.35. The Morgan fingerprint density at radius 1 is 1.53 bits per heavy atom. The van der Waals surface area contributed by atoms with E-state index in [-0.39, 0.29) is 5.54 Å². The molecular formula is C15H25BrN2S. The molecule has 0 aliphatic carbocycles. The number of nitrogens with zero attached hydrogens (tertiary/aromatic N) is 1. The van der Waals surface area contributed by atoms with Crippen molar-refractivity contribution < 1.29 is 0 Å². The number of nitrogens with one attached hydrogen (secondary N) is 1. The molecule has 19 heavy (non-hydrogen) atoms. The molecular weight excluding hydrogens is 320 g/mol. The van der Waals surface area contributed by atoms with Crippen molar-refractivity contribution in [2.75, 3.05) is 13.1 Å². The molecule has 1 aliphatic heterocycles. The molecule has 0 aromatic carbocycles. The van der Waals surface area contributed by atoms with Gasteiger partial charge in [0.2, 0.25) is 0 Å². The lowest BCUT2D eigenvalue weighted by Gasteiger charge is -2.47. The SMILES string of the molecule is CCC(C)C1CN(Cc2ccc(Br)s2)C(C)(C)CN1. The van der Waals surface area contributed by atoms with Crippen LogP contribution >= 0.6 is 27.3 Å². The number of piperazine rings is 1. The van der Waals surface area contributed by atoms with E-state index in [2.05, 4.69) is 66.0 Å². The van der Waals surface area contributed by atoms with Crippen molar-refractivity contribution in [1.82, 2.24) is 10.2 Å². The number of hydrogen-bond acceptors (Lipinski definition) is 3. The first-order valence-corrected chi connectivity index (χ1v) is 8.76. The molecule has 4 heteroatoms. The summed E-state index contributed by atoms with van der Waals surface area (Å²) in [6.45, 7) is 12.6. The molecule has 108 valence electrons. The molecule has 1 fully saturated rings. The van der Waals surface area contributed by atoms with Gasteiger partial charge in [-0.3, -0.25) is 4.90 Å². The minimum Gasteiger partial charge on any atom is -0.311 e. The summed E-state index contributed by atoms with van der Waals surface area (Å²) >= 11 is 5.41. The summed E-state index contributed by atoms with van der Waals surface area (Å²) in [5, 5.41) is 3.73. The first-order chi connectivity index (χ1) is 8.92. The summed E-state index contributed by atoms with van der Waals surface area (Å²) in [6.07, 6.45) is 1.25. The number of rotatable bonds is 4. The first kappa shape index (κ1) is 15.5. The van der Waals surface area contributed by atoms with Crippen molar-refractivity contribution in [2.45, 2.75) is 52.2 Å². The van der Waals surface area contributed by atoms with Gasteiger partial charge in [-0.1, -0.05) is 20.3 Å². The summed E-state index contributed by atoms with van der Waals surface area (Å²) < 4.78 is 1.23. The van der Waals surface area contributed by atoms with Crippen LogP contribution in [0, 0.1) is 5.92 Å². The minimum absolute atomic E-state index is 0.237. The van der Waals surface area contributed by atoms with Crippen LogP contribution in [0.25, 0.3) is 0 Å². The van der Waals surface area contributed by atoms with Gasteiger partial charge in [0.1, 0.15) is 0 Å². The molecule has 1 N–H and O–H groups in total. The molecule has 2 nitrogen and oxygen atoms in total. The van der Waals surface area contributed by atoms with Crippen molar-refractivity contribution in [3.63, 3.8) is 0 Å². The Bertz CT molecular complexity index is 416. The van der Waals surface area contributed by atoms with E-state index < -0.39 is 0 Å². The predicted molar refractivity (Wildman–Crippen MR) is 87.8 cm³/mol. The lowest BCUT2D eigenvalue weighted by molar-refractivity contribution is 0.0457. The average molecular weight is 345 g/mol. The Morgan fingerprint density at radius 2 is 2.26 bits per heavy atom. The van der Waals surface area contributed by atoms with Gasteiger partial charge < -0.3 is 5.32 Å². The van der Waals surface area contributed by atoms with Crippen molar-refractivity contribution in [2.24, 2.45) is 5.92 Å². The first-order valence-electron chi connectivity index (χ1n) is 7.15. The summed E-state index contributed by atoms with van der Waals surface area (Å²) in [5.41, 5.74) is 0.237. The standard InChI is InChI=1S/C15H25BrN2S/c1-5-11(2)13-9-18(15(3,4)10-17-13)8-12-6-7-14(16)19-12/h6-7,11,13,17H,5,8-10H2,1-4H3. The maximum absolute atomic E-state index is 3.73. The van der Waals surface area contributed by atoms with Crippen molar-refractivity contribution in [1.29, 1.82) is 0 Å². The molecule has 2 atom stereocenters. The van der Waals surface area contributed by atoms with Crippen LogP contribution in [0.4, 0.5) is 0 Å². The van der Waals surface area contributed by atoms with Gasteiger partial charge in [-0.05, 0) is 47.8 Å². The van der Waals surface area contributed by atoms with E-state index in [9.17, 15) is 0 Å². The van der Waals surface area contributed by atoms with E-state index in [4.69, 9.17) is 0 Å². The van der Waals surface area contributed by atoms with E-state index >= 15 is 0 Å². The molecule has 2 unspecified atom stereocenters. The number of halogens is 1. The third-order valence-electron chi connectivity index (χ3n) is 4.38. The van der Waals surface area contributed by atoms with Crippen LogP contribution in [0.1, 0.15) is 39.0 Å². The summed E-state index contributed by atoms with van der Waals surface area (Å²) in [7, 11) is 0. The van der Waals surface area contributed by atoms with Crippen molar-refractivity contribution in [3.05, 3.63) is 20.8 Å². The third kappa shape index (κ3) is 3.81. The van der Waals surface area contributed by atoms with Crippen LogP contribution in [0.2, 0.25) is 0 Å². The van der Waals surface area contributed by atoms with Gasteiger partial charge in [0.05, 0.1) is 3.79 Å². The van der Waals surface area contributed by atoms with E-state index in [1.807, 2.05) is 11.3 Å². The molecule has 0 bridgehead atoms. The Kier molecular flexibility index (Phi) is 5.09. The Morgan fingerprint density at radius 3 is 2.84 bits per heavy atom. The Hall–Kier alpha value is 0.1000. The molecule has 1 saturated heterocycles. The Balaban J connectivity index is 2.06. The van der Waals surface area contributed by atoms with E-state index in [1.54, 1.807) is 0 Å². The third-order valence-corrected chi connectivity index (χ3v) is 5.98. The van der Waals surface area contributed by atoms with E-state index in [1.165, 1.54) is 15.1 Å². The lowest BCUT2D eigenvalue weighted by Crippen LogP contribution is -2.62. The molecule has 0 spiro atoms. The molecule has 0 saturated carbocycles. The Labute approximate surface area is 129 Å². The van der Waals surface area contributed by atoms with Crippen molar-refractivity contribution >= 4 is 27.3 Å². The number of thiophene rings is 1. The van der Waals surface area contributed by atoms with Gasteiger partial charge in [0.15, 0.2) is 0 Å². The van der Waals surface area contributed by atoms with Crippen molar-refractivity contribution in [3.8, 4) is 0 Å². The largest absolute Gasteiger partial charge is 0.311 e. The van der Waals surface area contributed by atoms with Gasteiger partial charge in [-0.15, -0.1) is 11.3 Å². The van der Waals surface area contributed by atoms with Crippen LogP contribution in [-0.4, -0.2) is 29.6 Å². The minimum atomic E-state index is 0.237. The fourth-order valence-electron chi connectivity index (χ4n) is 2.61. The quantitative estimate of drug-likeness (QED) is 0.884. The zero-order valence-corrected chi connectivity index (χ0v) is 14.8. The van der Waals surface area contributed by atoms with Gasteiger partial charge in [0, 0.05) is 36.1 Å². The molecule has 1 aromatic rings. The van der Waals surface area contributed by atoms with Gasteiger partial charge in [-0.25, -0.2) is 0 Å². The van der Waals surface area contributed by atoms with Crippen LogP contribution in [-0.2, 0) is 6.54 Å². The van der Waals surface area contributed by atoms with E-state index in [0.717, 1.165) is 25.6 Å². The fraction of sp³-hybridized carbons (Fsp3) is 0.733. The second-order valence-electron chi connectivity index (χ2n) is 6.27. The molecule has 1 aliphatic rings. The molecule has 0 radical (unpaired) electrons. The highest BCUT2D eigenvalue weighted by Crippen LogP contribution is 2.28. The highest BCUT2D eigenvalue weighted by molar-refractivity contribution is 9.11. The van der Waals surface area contributed by atoms with E-state index in [0.29, 0.717) is 6.04 Å². The van der Waals surface area contributed by atoms with Gasteiger partial charge in [-0.2, -0.15) is 0 Å². The summed E-state index contributed by atoms with van der Waals surface area (Å²) in [4.78, 5) is 4.09. The number of hydrogen-bond donors (Lipinski definition) is 1. The molecule has 2 rings (SSSR count). The fourth-order valence-corrected chi connectivity index (χ4v) is 4.11. The molecule has 1 aromatic heterocycles. The van der Waals surface area contributed by atoms with Gasteiger partial charge in [0.25, 0.3) is 0 Å². The second kappa shape index (κ2) is 6.25. The predicted octanol–water partition coefficient (Wildman–Crippen LogP) is 4.11. The van der Waals surface area contributed by atoms with Crippen LogP contribution in [0.3, 0.4) is 0 Å². The lowest BCUT2D eigenvalue weighted by atomic mass is 9.91. The van der Waals surface area contributed by atoms with Crippen LogP contribution < -0.4 is 5.32 Å². The van der Waals surface area contributed by atoms with Crippen LogP contribution in [0.5, 0.6) is 0 Å². The topological polar surface area (TPSA) is 15.3 Å². The highest BCUT2D eigenvalue weighted by atomic mass is 79.9. The smallest absolute Gasteiger partial charge is 0.0701 e.